The first-order valence-corrected chi connectivity index (χ1v) is 8.59. The van der Waals surface area contributed by atoms with E-state index in [9.17, 15) is 14.4 Å². The van der Waals surface area contributed by atoms with Gasteiger partial charge in [0, 0.05) is 12.0 Å². The molecule has 0 spiro atoms. The van der Waals surface area contributed by atoms with Crippen LogP contribution in [0.15, 0.2) is 4.42 Å². The van der Waals surface area contributed by atoms with Gasteiger partial charge in [-0.05, 0) is 26.7 Å². The number of carboxylic acids is 1. The third-order valence-electron chi connectivity index (χ3n) is 4.37. The smallest absolute Gasteiger partial charge is 0.323 e. The van der Waals surface area contributed by atoms with Crippen LogP contribution in [0.2, 0.25) is 0 Å². The number of carbonyl (C=O) groups excluding carboxylic acids is 2. The van der Waals surface area contributed by atoms with Crippen LogP contribution in [-0.2, 0) is 15.0 Å². The minimum atomic E-state index is -1.23. The normalized spacial score (nSPS) is 18.2. The third-order valence-corrected chi connectivity index (χ3v) is 4.37. The number of nitrogens with zero attached hydrogens (tertiary/aromatic N) is 3. The standard InChI is InChI=1S/C17H26N4O5/c1-16(2,3)14-20-19-13(26-14)12(23)10-7-6-8-21(10)11(22)9-18-17(4,5)15(24)25/h10,18H,6-9H2,1-5H3,(H,24,25). The Hall–Kier alpha value is -2.29. The van der Waals surface area contributed by atoms with Gasteiger partial charge in [0.15, 0.2) is 0 Å². The van der Waals surface area contributed by atoms with Crippen molar-refractivity contribution in [1.29, 1.82) is 0 Å². The molecule has 1 atom stereocenters. The van der Waals surface area contributed by atoms with Gasteiger partial charge in [-0.15, -0.1) is 10.2 Å². The zero-order valence-electron chi connectivity index (χ0n) is 15.8. The lowest BCUT2D eigenvalue weighted by molar-refractivity contribution is -0.143. The Morgan fingerprint density at radius 2 is 1.88 bits per heavy atom. The van der Waals surface area contributed by atoms with Crippen molar-refractivity contribution in [2.24, 2.45) is 0 Å². The molecule has 26 heavy (non-hydrogen) atoms. The van der Waals surface area contributed by atoms with E-state index in [2.05, 4.69) is 15.5 Å². The molecule has 1 fully saturated rings. The number of hydrogen-bond donors (Lipinski definition) is 2. The number of amides is 1. The summed E-state index contributed by atoms with van der Waals surface area (Å²) in [5.41, 5.74) is -1.61. The molecule has 1 unspecified atom stereocenters. The number of Topliss-reactive ketones (excluding diaryl/α,β-unsaturated/α-hetero) is 1. The minimum absolute atomic E-state index is 0.0987. The van der Waals surface area contributed by atoms with Gasteiger partial charge in [0.25, 0.3) is 5.89 Å². The predicted molar refractivity (Wildman–Crippen MR) is 91.8 cm³/mol. The number of carboxylic acid groups (broad SMARTS) is 1. The number of aromatic nitrogens is 2. The SMILES string of the molecule is CC(C)(NCC(=O)N1CCCC1C(=O)c1nnc(C(C)(C)C)o1)C(=O)O. The fraction of sp³-hybridized carbons (Fsp3) is 0.706. The van der Waals surface area contributed by atoms with Crippen LogP contribution in [0.25, 0.3) is 0 Å². The second-order valence-electron chi connectivity index (χ2n) is 8.06. The van der Waals surface area contributed by atoms with E-state index in [1.54, 1.807) is 0 Å². The van der Waals surface area contributed by atoms with E-state index < -0.39 is 17.6 Å². The first-order valence-electron chi connectivity index (χ1n) is 8.59. The topological polar surface area (TPSA) is 126 Å². The largest absolute Gasteiger partial charge is 0.480 e. The maximum absolute atomic E-state index is 12.7. The number of nitrogens with one attached hydrogen (secondary N) is 1. The highest BCUT2D eigenvalue weighted by molar-refractivity contribution is 5.99. The van der Waals surface area contributed by atoms with Gasteiger partial charge in [-0.25, -0.2) is 0 Å². The van der Waals surface area contributed by atoms with Gasteiger partial charge in [0.1, 0.15) is 11.6 Å². The average Bonchev–Trinajstić information content (AvgIpc) is 3.20. The van der Waals surface area contributed by atoms with E-state index in [1.807, 2.05) is 20.8 Å². The van der Waals surface area contributed by atoms with E-state index in [0.29, 0.717) is 25.3 Å². The van der Waals surface area contributed by atoms with Crippen molar-refractivity contribution in [3.05, 3.63) is 11.8 Å². The number of ketones is 1. The Bertz CT molecular complexity index is 704. The van der Waals surface area contributed by atoms with Crippen LogP contribution < -0.4 is 5.32 Å². The van der Waals surface area contributed by atoms with E-state index in [1.165, 1.54) is 18.7 Å². The number of likely N-dealkylation sites (tertiary alicyclic amines) is 1. The quantitative estimate of drug-likeness (QED) is 0.714. The van der Waals surface area contributed by atoms with E-state index in [4.69, 9.17) is 9.52 Å². The molecule has 1 aromatic heterocycles. The molecule has 144 valence electrons. The number of carbonyl (C=O) groups is 3. The molecule has 9 nitrogen and oxygen atoms in total. The van der Waals surface area contributed by atoms with Crippen molar-refractivity contribution < 1.29 is 23.9 Å². The molecule has 2 N–H and O–H groups in total. The highest BCUT2D eigenvalue weighted by atomic mass is 16.4. The first kappa shape index (κ1) is 20.0. The van der Waals surface area contributed by atoms with Crippen molar-refractivity contribution in [3.63, 3.8) is 0 Å². The summed E-state index contributed by atoms with van der Waals surface area (Å²) in [6.07, 6.45) is 1.20. The number of aliphatic carboxylic acids is 1. The average molecular weight is 366 g/mol. The fourth-order valence-electron chi connectivity index (χ4n) is 2.58. The van der Waals surface area contributed by atoms with Crippen LogP contribution in [0, 0.1) is 0 Å². The Morgan fingerprint density at radius 1 is 1.23 bits per heavy atom. The molecule has 1 amide bonds. The fourth-order valence-corrected chi connectivity index (χ4v) is 2.58. The van der Waals surface area contributed by atoms with Gasteiger partial charge in [0.2, 0.25) is 17.6 Å². The summed E-state index contributed by atoms with van der Waals surface area (Å²) in [5.74, 6) is -1.50. The van der Waals surface area contributed by atoms with E-state index in [0.717, 1.165) is 0 Å². The van der Waals surface area contributed by atoms with Crippen LogP contribution in [0.1, 0.15) is 64.0 Å². The van der Waals surface area contributed by atoms with E-state index in [-0.39, 0.29) is 29.5 Å². The van der Waals surface area contributed by atoms with E-state index >= 15 is 0 Å². The minimum Gasteiger partial charge on any atom is -0.480 e. The second-order valence-corrected chi connectivity index (χ2v) is 8.06. The molecule has 1 saturated heterocycles. The molecule has 0 saturated carbocycles. The maximum atomic E-state index is 12.7. The van der Waals surface area contributed by atoms with Gasteiger partial charge < -0.3 is 14.4 Å². The molecule has 2 heterocycles. The van der Waals surface area contributed by atoms with Gasteiger partial charge in [0.05, 0.1) is 6.54 Å². The lowest BCUT2D eigenvalue weighted by Gasteiger charge is -2.26. The lowest BCUT2D eigenvalue weighted by atomic mass is 9.97. The van der Waals surface area contributed by atoms with Crippen molar-refractivity contribution in [2.75, 3.05) is 13.1 Å². The summed E-state index contributed by atoms with van der Waals surface area (Å²) in [4.78, 5) is 37.8. The third kappa shape index (κ3) is 4.27. The Labute approximate surface area is 152 Å². The Morgan fingerprint density at radius 3 is 2.42 bits per heavy atom. The molecule has 0 bridgehead atoms. The molecule has 1 aliphatic rings. The number of rotatable bonds is 6. The monoisotopic (exact) mass is 366 g/mol. The zero-order chi connectivity index (χ0) is 19.7. The Balaban J connectivity index is 2.07. The van der Waals surface area contributed by atoms with Gasteiger partial charge in [-0.3, -0.25) is 19.7 Å². The van der Waals surface area contributed by atoms with Crippen molar-refractivity contribution >= 4 is 17.7 Å². The maximum Gasteiger partial charge on any atom is 0.323 e. The molecule has 0 aliphatic carbocycles. The van der Waals surface area contributed by atoms with Crippen LogP contribution in [0.4, 0.5) is 0 Å². The predicted octanol–water partition coefficient (Wildman–Crippen LogP) is 0.994. The molecule has 0 aromatic carbocycles. The van der Waals surface area contributed by atoms with Crippen LogP contribution in [-0.4, -0.2) is 62.5 Å². The molecule has 9 heteroatoms. The summed E-state index contributed by atoms with van der Waals surface area (Å²) < 4.78 is 5.49. The highest BCUT2D eigenvalue weighted by Crippen LogP contribution is 2.24. The zero-order valence-corrected chi connectivity index (χ0v) is 15.8. The van der Waals surface area contributed by atoms with Gasteiger partial charge in [-0.2, -0.15) is 0 Å². The summed E-state index contributed by atoms with van der Waals surface area (Å²) in [5, 5.41) is 19.6. The summed E-state index contributed by atoms with van der Waals surface area (Å²) in [6, 6.07) is -0.662. The van der Waals surface area contributed by atoms with Crippen LogP contribution in [0.5, 0.6) is 0 Å². The second kappa shape index (κ2) is 7.14. The molecular weight excluding hydrogens is 340 g/mol. The lowest BCUT2D eigenvalue weighted by Crippen LogP contribution is -2.52. The molecule has 2 rings (SSSR count). The van der Waals surface area contributed by atoms with Gasteiger partial charge in [-0.1, -0.05) is 20.8 Å². The first-order chi connectivity index (χ1) is 11.9. The van der Waals surface area contributed by atoms with Crippen LogP contribution >= 0.6 is 0 Å². The number of hydrogen-bond acceptors (Lipinski definition) is 7. The molecule has 0 radical (unpaired) electrons. The molecule has 1 aliphatic heterocycles. The van der Waals surface area contributed by atoms with Crippen LogP contribution in [0.3, 0.4) is 0 Å². The van der Waals surface area contributed by atoms with Gasteiger partial charge >= 0.3 is 5.97 Å². The van der Waals surface area contributed by atoms with Crippen molar-refractivity contribution in [2.45, 2.75) is 64.5 Å². The molecular formula is C17H26N4O5. The highest BCUT2D eigenvalue weighted by Gasteiger charge is 2.38. The van der Waals surface area contributed by atoms with Crippen molar-refractivity contribution in [3.8, 4) is 0 Å². The van der Waals surface area contributed by atoms with Crippen molar-refractivity contribution in [1.82, 2.24) is 20.4 Å². The summed E-state index contributed by atoms with van der Waals surface area (Å²) in [6.45, 7) is 8.91. The summed E-state index contributed by atoms with van der Waals surface area (Å²) >= 11 is 0. The summed E-state index contributed by atoms with van der Waals surface area (Å²) in [7, 11) is 0. The Kier molecular flexibility index (Phi) is 5.50. The molecule has 1 aromatic rings.